The van der Waals surface area contributed by atoms with E-state index in [4.69, 9.17) is 4.74 Å². The zero-order valence-electron chi connectivity index (χ0n) is 18.8. The molecule has 0 unspecified atom stereocenters. The second-order valence-electron chi connectivity index (χ2n) is 6.94. The summed E-state index contributed by atoms with van der Waals surface area (Å²) in [7, 11) is -3.87. The molecule has 3 aromatic rings. The topological polar surface area (TPSA) is 150 Å². The number of carbonyl (C=O) groups excluding carboxylic acids is 1. The molecule has 1 N–H and O–H groups in total. The molecule has 1 heterocycles. The molecule has 1 aromatic heterocycles. The molecular formula is C21H24N6O6S. The fourth-order valence-corrected chi connectivity index (χ4v) is 4.92. The number of benzene rings is 2. The van der Waals surface area contributed by atoms with E-state index in [1.54, 1.807) is 20.8 Å². The number of anilines is 1. The van der Waals surface area contributed by atoms with E-state index in [0.717, 1.165) is 6.07 Å². The number of nitrogens with zero attached hydrogens (tertiary/aromatic N) is 5. The molecule has 0 atom stereocenters. The van der Waals surface area contributed by atoms with Crippen LogP contribution >= 0.6 is 0 Å². The summed E-state index contributed by atoms with van der Waals surface area (Å²) < 4.78 is 34.2. The largest absolute Gasteiger partial charge is 0.492 e. The highest BCUT2D eigenvalue weighted by Gasteiger charge is 2.27. The van der Waals surface area contributed by atoms with Gasteiger partial charge in [-0.25, -0.2) is 18.1 Å². The smallest absolute Gasteiger partial charge is 0.295 e. The molecule has 0 aliphatic rings. The number of amides is 1. The summed E-state index contributed by atoms with van der Waals surface area (Å²) in [4.78, 5) is 27.5. The highest BCUT2D eigenvalue weighted by Crippen LogP contribution is 2.31. The minimum absolute atomic E-state index is 0.0117. The van der Waals surface area contributed by atoms with Crippen molar-refractivity contribution in [3.63, 3.8) is 0 Å². The highest BCUT2D eigenvalue weighted by molar-refractivity contribution is 7.89. The van der Waals surface area contributed by atoms with Gasteiger partial charge in [-0.1, -0.05) is 13.8 Å². The van der Waals surface area contributed by atoms with Crippen LogP contribution in [0.5, 0.6) is 5.75 Å². The van der Waals surface area contributed by atoms with Crippen LogP contribution in [0.15, 0.2) is 53.9 Å². The first-order chi connectivity index (χ1) is 16.2. The first-order valence-electron chi connectivity index (χ1n) is 10.4. The van der Waals surface area contributed by atoms with Crippen LogP contribution < -0.4 is 10.1 Å². The fraction of sp³-hybridized carbons (Fsp3) is 0.286. The lowest BCUT2D eigenvalue weighted by Crippen LogP contribution is -2.31. The molecule has 0 bridgehead atoms. The van der Waals surface area contributed by atoms with E-state index < -0.39 is 20.9 Å². The number of carbonyl (C=O) groups is 1. The van der Waals surface area contributed by atoms with Crippen LogP contribution in [0, 0.1) is 10.1 Å². The summed E-state index contributed by atoms with van der Waals surface area (Å²) in [6.45, 7) is 5.98. The van der Waals surface area contributed by atoms with Gasteiger partial charge in [0.2, 0.25) is 10.0 Å². The summed E-state index contributed by atoms with van der Waals surface area (Å²) in [6.07, 6.45) is 2.54. The van der Waals surface area contributed by atoms with Crippen LogP contribution in [0.2, 0.25) is 0 Å². The molecule has 13 heteroatoms. The molecule has 1 amide bonds. The minimum Gasteiger partial charge on any atom is -0.492 e. The number of hydrogen-bond acceptors (Lipinski definition) is 8. The predicted molar refractivity (Wildman–Crippen MR) is 124 cm³/mol. The normalized spacial score (nSPS) is 11.4. The van der Waals surface area contributed by atoms with Crippen molar-refractivity contribution in [2.24, 2.45) is 0 Å². The van der Waals surface area contributed by atoms with Gasteiger partial charge in [0.15, 0.2) is 0 Å². The first-order valence-corrected chi connectivity index (χ1v) is 11.9. The molecule has 180 valence electrons. The maximum atomic E-state index is 13.1. The standard InChI is InChI=1S/C21H24N6O6S/c1-4-25(5-2)34(31,32)20-12-16(8-10-19(20)33-6-3)24-21(28)15-7-9-17(18(11-15)27(29)30)26-14-22-13-23-26/h7-14H,4-6H2,1-3H3,(H,24,28). The average Bonchev–Trinajstić information content (AvgIpc) is 3.35. The third-order valence-electron chi connectivity index (χ3n) is 4.92. The zero-order valence-corrected chi connectivity index (χ0v) is 19.7. The van der Waals surface area contributed by atoms with Crippen molar-refractivity contribution in [1.82, 2.24) is 19.1 Å². The van der Waals surface area contributed by atoms with E-state index in [2.05, 4.69) is 15.4 Å². The van der Waals surface area contributed by atoms with Crippen LogP contribution in [-0.2, 0) is 10.0 Å². The van der Waals surface area contributed by atoms with E-state index >= 15 is 0 Å². The van der Waals surface area contributed by atoms with Crippen LogP contribution in [0.25, 0.3) is 5.69 Å². The van der Waals surface area contributed by atoms with Gasteiger partial charge in [0.25, 0.3) is 11.6 Å². The average molecular weight is 489 g/mol. The fourth-order valence-electron chi connectivity index (χ4n) is 3.31. The van der Waals surface area contributed by atoms with Crippen molar-refractivity contribution in [2.75, 3.05) is 25.0 Å². The van der Waals surface area contributed by atoms with E-state index in [9.17, 15) is 23.3 Å². The first kappa shape index (κ1) is 24.8. The molecule has 0 fully saturated rings. The molecular weight excluding hydrogens is 464 g/mol. The Bertz CT molecular complexity index is 1290. The second kappa shape index (κ2) is 10.4. The lowest BCUT2D eigenvalue weighted by molar-refractivity contribution is -0.384. The van der Waals surface area contributed by atoms with Crippen LogP contribution in [0.3, 0.4) is 0 Å². The summed E-state index contributed by atoms with van der Waals surface area (Å²) in [6, 6.07) is 8.19. The minimum atomic E-state index is -3.87. The molecule has 0 aliphatic carbocycles. The molecule has 12 nitrogen and oxygen atoms in total. The Balaban J connectivity index is 1.96. The third kappa shape index (κ3) is 5.05. The number of nitro benzene ring substituents is 1. The number of ether oxygens (including phenoxy) is 1. The number of rotatable bonds is 10. The number of sulfonamides is 1. The van der Waals surface area contributed by atoms with Gasteiger partial charge >= 0.3 is 0 Å². The van der Waals surface area contributed by atoms with E-state index in [1.807, 2.05) is 0 Å². The van der Waals surface area contributed by atoms with Gasteiger partial charge < -0.3 is 10.1 Å². The molecule has 0 saturated heterocycles. The lowest BCUT2D eigenvalue weighted by Gasteiger charge is -2.21. The second-order valence-corrected chi connectivity index (χ2v) is 8.84. The summed E-state index contributed by atoms with van der Waals surface area (Å²) in [5.41, 5.74) is 0.0159. The van der Waals surface area contributed by atoms with Crippen molar-refractivity contribution in [3.8, 4) is 11.4 Å². The van der Waals surface area contributed by atoms with Gasteiger partial charge in [0.1, 0.15) is 29.0 Å². The summed E-state index contributed by atoms with van der Waals surface area (Å²) in [5.74, 6) is -0.483. The number of nitrogens with one attached hydrogen (secondary N) is 1. The van der Waals surface area contributed by atoms with Crippen LogP contribution in [0.4, 0.5) is 11.4 Å². The molecule has 2 aromatic carbocycles. The van der Waals surface area contributed by atoms with E-state index in [0.29, 0.717) is 0 Å². The highest BCUT2D eigenvalue weighted by atomic mass is 32.2. The van der Waals surface area contributed by atoms with Gasteiger partial charge in [-0.2, -0.15) is 9.40 Å². The number of hydrogen-bond donors (Lipinski definition) is 1. The van der Waals surface area contributed by atoms with Crippen molar-refractivity contribution in [2.45, 2.75) is 25.7 Å². The Morgan fingerprint density at radius 2 is 1.91 bits per heavy atom. The monoisotopic (exact) mass is 488 g/mol. The number of nitro groups is 1. The Kier molecular flexibility index (Phi) is 7.58. The van der Waals surface area contributed by atoms with Gasteiger partial charge in [-0.3, -0.25) is 14.9 Å². The molecule has 34 heavy (non-hydrogen) atoms. The van der Waals surface area contributed by atoms with Crippen molar-refractivity contribution < 1.29 is 22.9 Å². The van der Waals surface area contributed by atoms with Gasteiger partial charge in [-0.05, 0) is 37.3 Å². The van der Waals surface area contributed by atoms with Crippen LogP contribution in [0.1, 0.15) is 31.1 Å². The van der Waals surface area contributed by atoms with Crippen molar-refractivity contribution in [3.05, 3.63) is 64.7 Å². The zero-order chi connectivity index (χ0) is 24.9. The molecule has 0 aliphatic heterocycles. The Morgan fingerprint density at radius 3 is 2.50 bits per heavy atom. The molecule has 0 radical (unpaired) electrons. The van der Waals surface area contributed by atoms with Gasteiger partial charge in [0.05, 0.1) is 11.5 Å². The van der Waals surface area contributed by atoms with Gasteiger partial charge in [-0.15, -0.1) is 0 Å². The molecule has 0 saturated carbocycles. The Labute approximate surface area is 196 Å². The quantitative estimate of drug-likeness (QED) is 0.338. The molecule has 0 spiro atoms. The maximum absolute atomic E-state index is 13.1. The summed E-state index contributed by atoms with van der Waals surface area (Å²) >= 11 is 0. The summed E-state index contributed by atoms with van der Waals surface area (Å²) in [5, 5.41) is 18.0. The third-order valence-corrected chi connectivity index (χ3v) is 7.00. The molecule has 3 rings (SSSR count). The Morgan fingerprint density at radius 1 is 1.18 bits per heavy atom. The predicted octanol–water partition coefficient (Wildman–Crippen LogP) is 2.86. The van der Waals surface area contributed by atoms with Crippen LogP contribution in [-0.4, -0.2) is 58.0 Å². The van der Waals surface area contributed by atoms with Gasteiger partial charge in [0, 0.05) is 30.4 Å². The lowest BCUT2D eigenvalue weighted by atomic mass is 10.1. The van der Waals surface area contributed by atoms with E-state index in [1.165, 1.54) is 52.0 Å². The SMILES string of the molecule is CCOc1ccc(NC(=O)c2ccc(-n3cncn3)c([N+](=O)[O-])c2)cc1S(=O)(=O)N(CC)CC. The number of aromatic nitrogens is 3. The van der Waals surface area contributed by atoms with Crippen molar-refractivity contribution >= 4 is 27.3 Å². The Hall–Kier alpha value is -3.84. The van der Waals surface area contributed by atoms with Crippen molar-refractivity contribution in [1.29, 1.82) is 0 Å². The van der Waals surface area contributed by atoms with E-state index in [-0.39, 0.29) is 53.0 Å². The maximum Gasteiger partial charge on any atom is 0.295 e.